The lowest BCUT2D eigenvalue weighted by molar-refractivity contribution is -0.138. The molecule has 3 aliphatic rings. The third kappa shape index (κ3) is 4.05. The molecule has 0 unspecified atom stereocenters. The largest absolute Gasteiger partial charge is 0.326 e. The molecule has 2 atom stereocenters. The van der Waals surface area contributed by atoms with Gasteiger partial charge in [0.25, 0.3) is 5.91 Å². The Morgan fingerprint density at radius 2 is 1.84 bits per heavy atom. The van der Waals surface area contributed by atoms with Crippen LogP contribution in [-0.2, 0) is 9.59 Å². The van der Waals surface area contributed by atoms with Crippen LogP contribution in [0.25, 0.3) is 0 Å². The van der Waals surface area contributed by atoms with Gasteiger partial charge in [-0.05, 0) is 56.6 Å². The van der Waals surface area contributed by atoms with Crippen molar-refractivity contribution in [1.29, 1.82) is 0 Å². The van der Waals surface area contributed by atoms with Crippen molar-refractivity contribution in [2.75, 3.05) is 25.1 Å². The topological polar surface area (TPSA) is 94.6 Å². The Kier molecular flexibility index (Phi) is 6.01. The van der Waals surface area contributed by atoms with Crippen LogP contribution in [0, 0.1) is 24.7 Å². The van der Waals surface area contributed by atoms with Crippen molar-refractivity contribution in [3.63, 3.8) is 0 Å². The van der Waals surface area contributed by atoms with Crippen molar-refractivity contribution in [3.8, 4) is 0 Å². The number of imide groups is 1. The number of carbonyl (C=O) groups is 3. The van der Waals surface area contributed by atoms with Crippen molar-refractivity contribution in [2.45, 2.75) is 58.4 Å². The highest BCUT2D eigenvalue weighted by Crippen LogP contribution is 2.42. The fourth-order valence-electron chi connectivity index (χ4n) is 5.46. The van der Waals surface area contributed by atoms with Gasteiger partial charge in [-0.15, -0.1) is 0 Å². The molecule has 8 nitrogen and oxygen atoms in total. The van der Waals surface area contributed by atoms with Crippen LogP contribution in [0.15, 0.2) is 18.2 Å². The summed E-state index contributed by atoms with van der Waals surface area (Å²) in [4.78, 5) is 46.5. The van der Waals surface area contributed by atoms with Crippen molar-refractivity contribution < 1.29 is 14.4 Å². The second kappa shape index (κ2) is 8.57. The van der Waals surface area contributed by atoms with E-state index in [1.54, 1.807) is 6.07 Å². The van der Waals surface area contributed by atoms with E-state index in [1.807, 2.05) is 19.1 Å². The van der Waals surface area contributed by atoms with Crippen molar-refractivity contribution in [1.82, 2.24) is 20.1 Å². The minimum absolute atomic E-state index is 0.0171. The summed E-state index contributed by atoms with van der Waals surface area (Å²) in [5, 5.41) is 5.96. The van der Waals surface area contributed by atoms with E-state index in [4.69, 9.17) is 0 Å². The molecule has 2 N–H and O–H groups in total. The van der Waals surface area contributed by atoms with Gasteiger partial charge < -0.3 is 10.6 Å². The Balaban J connectivity index is 1.33. The van der Waals surface area contributed by atoms with Gasteiger partial charge in [0.15, 0.2) is 0 Å². The average Bonchev–Trinajstić information content (AvgIpc) is 2.98. The molecule has 1 aromatic rings. The number of nitrogens with zero attached hydrogens (tertiary/aromatic N) is 3. The second-order valence-corrected chi connectivity index (χ2v) is 9.45. The first kappa shape index (κ1) is 21.7. The Morgan fingerprint density at radius 1 is 1.16 bits per heavy atom. The summed E-state index contributed by atoms with van der Waals surface area (Å²) < 4.78 is 0. The van der Waals surface area contributed by atoms with Gasteiger partial charge in [0, 0.05) is 24.7 Å². The van der Waals surface area contributed by atoms with E-state index in [2.05, 4.69) is 34.4 Å². The predicted octanol–water partition coefficient (Wildman–Crippen LogP) is 2.74. The zero-order chi connectivity index (χ0) is 22.2. The number of urea groups is 1. The SMILES string of the molecule is Cc1cccc(NC(=O)C2CCN(CN3C(=O)NC4(C3=O)[C@H](C)CCC[C@H]4C)CC2)n1. The van der Waals surface area contributed by atoms with Crippen LogP contribution in [0.2, 0.25) is 0 Å². The lowest BCUT2D eigenvalue weighted by atomic mass is 9.67. The predicted molar refractivity (Wildman–Crippen MR) is 117 cm³/mol. The Hall–Kier alpha value is -2.48. The molecule has 2 saturated heterocycles. The number of aryl methyl sites for hydroxylation is 1. The molecule has 0 radical (unpaired) electrons. The van der Waals surface area contributed by atoms with Gasteiger partial charge in [0.05, 0.1) is 6.67 Å². The van der Waals surface area contributed by atoms with Crippen LogP contribution >= 0.6 is 0 Å². The number of anilines is 1. The first-order chi connectivity index (χ1) is 14.8. The molecular weight excluding hydrogens is 394 g/mol. The quantitative estimate of drug-likeness (QED) is 0.721. The molecule has 1 spiro atoms. The zero-order valence-electron chi connectivity index (χ0n) is 18.7. The fourth-order valence-corrected chi connectivity index (χ4v) is 5.46. The molecule has 0 bridgehead atoms. The van der Waals surface area contributed by atoms with Crippen LogP contribution in [0.5, 0.6) is 0 Å². The molecule has 31 heavy (non-hydrogen) atoms. The van der Waals surface area contributed by atoms with Crippen LogP contribution in [0.3, 0.4) is 0 Å². The molecule has 2 aliphatic heterocycles. The van der Waals surface area contributed by atoms with Crippen LogP contribution < -0.4 is 10.6 Å². The minimum Gasteiger partial charge on any atom is -0.323 e. The molecule has 3 fully saturated rings. The summed E-state index contributed by atoms with van der Waals surface area (Å²) in [6.45, 7) is 7.68. The number of rotatable bonds is 4. The van der Waals surface area contributed by atoms with Crippen molar-refractivity contribution >= 4 is 23.7 Å². The number of piperidine rings is 1. The smallest absolute Gasteiger partial charge is 0.323 e. The summed E-state index contributed by atoms with van der Waals surface area (Å²) in [5.74, 6) is 0.669. The third-order valence-electron chi connectivity index (χ3n) is 7.43. The monoisotopic (exact) mass is 427 g/mol. The summed E-state index contributed by atoms with van der Waals surface area (Å²) in [6.07, 6.45) is 4.40. The molecule has 0 aromatic carbocycles. The molecule has 1 aromatic heterocycles. The lowest BCUT2D eigenvalue weighted by Gasteiger charge is -2.42. The molecule has 1 aliphatic carbocycles. The third-order valence-corrected chi connectivity index (χ3v) is 7.43. The Morgan fingerprint density at radius 3 is 2.48 bits per heavy atom. The minimum atomic E-state index is -0.756. The number of pyridine rings is 1. The van der Waals surface area contributed by atoms with E-state index >= 15 is 0 Å². The highest BCUT2D eigenvalue weighted by Gasteiger charge is 2.58. The van der Waals surface area contributed by atoms with Crippen LogP contribution in [0.4, 0.5) is 10.6 Å². The number of aromatic nitrogens is 1. The number of nitrogens with one attached hydrogen (secondary N) is 2. The van der Waals surface area contributed by atoms with Crippen molar-refractivity contribution in [2.24, 2.45) is 17.8 Å². The molecular formula is C23H33N5O3. The zero-order valence-corrected chi connectivity index (χ0v) is 18.7. The lowest BCUT2D eigenvalue weighted by Crippen LogP contribution is -2.59. The van der Waals surface area contributed by atoms with Gasteiger partial charge in [-0.1, -0.05) is 26.3 Å². The average molecular weight is 428 g/mol. The van der Waals surface area contributed by atoms with Gasteiger partial charge in [0.2, 0.25) is 5.91 Å². The molecule has 3 heterocycles. The molecule has 168 valence electrons. The summed E-state index contributed by atoms with van der Waals surface area (Å²) >= 11 is 0. The van der Waals surface area contributed by atoms with Gasteiger partial charge in [-0.3, -0.25) is 14.5 Å². The highest BCUT2D eigenvalue weighted by atomic mass is 16.2. The maximum atomic E-state index is 13.3. The Labute approximate surface area is 183 Å². The molecule has 4 amide bonds. The summed E-state index contributed by atoms with van der Waals surface area (Å²) in [7, 11) is 0. The summed E-state index contributed by atoms with van der Waals surface area (Å²) in [5.41, 5.74) is 0.106. The molecule has 1 saturated carbocycles. The molecule has 4 rings (SSSR count). The maximum absolute atomic E-state index is 13.3. The first-order valence-corrected chi connectivity index (χ1v) is 11.4. The number of amides is 4. The van der Waals surface area contributed by atoms with Gasteiger partial charge in [0.1, 0.15) is 11.4 Å². The second-order valence-electron chi connectivity index (χ2n) is 9.45. The van der Waals surface area contributed by atoms with Crippen molar-refractivity contribution in [3.05, 3.63) is 23.9 Å². The standard InChI is InChI=1S/C23H33N5O3/c1-15-6-4-7-16(2)23(15)21(30)28(22(31)26-23)14-27-12-10-18(11-13-27)20(29)25-19-9-5-8-17(3)24-19/h5,8-9,15-16,18H,4,6-7,10-14H2,1-3H3,(H,26,31)(H,24,25,29)/t15-,16-/m1/s1. The van der Waals surface area contributed by atoms with E-state index < -0.39 is 5.54 Å². The Bertz CT molecular complexity index is 855. The summed E-state index contributed by atoms with van der Waals surface area (Å²) in [6, 6.07) is 5.28. The number of hydrogen-bond donors (Lipinski definition) is 2. The van der Waals surface area contributed by atoms with E-state index in [0.717, 1.165) is 25.0 Å². The van der Waals surface area contributed by atoms with Gasteiger partial charge in [-0.2, -0.15) is 0 Å². The highest BCUT2D eigenvalue weighted by molar-refractivity contribution is 6.07. The van der Waals surface area contributed by atoms with E-state index in [1.165, 1.54) is 4.90 Å². The number of likely N-dealkylation sites (tertiary alicyclic amines) is 1. The van der Waals surface area contributed by atoms with E-state index in [-0.39, 0.29) is 35.6 Å². The normalized spacial score (nSPS) is 26.9. The van der Waals surface area contributed by atoms with Crippen LogP contribution in [0.1, 0.15) is 51.6 Å². The maximum Gasteiger partial charge on any atom is 0.326 e. The fraction of sp³-hybridized carbons (Fsp3) is 0.652. The molecule has 8 heteroatoms. The number of carbonyl (C=O) groups excluding carboxylic acids is 3. The number of hydrogen-bond acceptors (Lipinski definition) is 5. The van der Waals surface area contributed by atoms with Gasteiger partial charge >= 0.3 is 6.03 Å². The first-order valence-electron chi connectivity index (χ1n) is 11.4. The van der Waals surface area contributed by atoms with Gasteiger partial charge in [-0.25, -0.2) is 14.7 Å². The van der Waals surface area contributed by atoms with E-state index in [0.29, 0.717) is 38.4 Å². The van der Waals surface area contributed by atoms with Crippen LogP contribution in [-0.4, -0.2) is 57.9 Å². The van der Waals surface area contributed by atoms with E-state index in [9.17, 15) is 14.4 Å².